The highest BCUT2D eigenvalue weighted by Gasteiger charge is 2.35. The molecule has 3 atom stereocenters. The molecule has 0 radical (unpaired) electrons. The summed E-state index contributed by atoms with van der Waals surface area (Å²) in [6.45, 7) is 1.81. The van der Waals surface area contributed by atoms with E-state index in [9.17, 15) is 22.0 Å². The number of rotatable bonds is 5. The highest BCUT2D eigenvalue weighted by molar-refractivity contribution is 14.2. The molecule has 2 aliphatic rings. The number of nitrogens with zero attached hydrogens (tertiary/aromatic N) is 6. The second kappa shape index (κ2) is 12.0. The largest absolute Gasteiger partial charge is 0.467 e. The quantitative estimate of drug-likeness (QED) is 0.132. The SMILES string of the molecule is COc1nc(OCC(F)(F)F)c2cnc(-c3c(C)cc(F)c4c3cnn4PI)c(F)c2n1.FC1CC2CCCN2C1. The van der Waals surface area contributed by atoms with E-state index >= 15 is 4.39 Å². The van der Waals surface area contributed by atoms with Gasteiger partial charge in [0.15, 0.2) is 12.4 Å². The van der Waals surface area contributed by atoms with E-state index in [2.05, 4.69) is 25.0 Å². The molecule has 0 bridgehead atoms. The maximum absolute atomic E-state index is 15.6. The van der Waals surface area contributed by atoms with Gasteiger partial charge < -0.3 is 9.47 Å². The van der Waals surface area contributed by atoms with Crippen molar-refractivity contribution in [1.29, 1.82) is 0 Å². The van der Waals surface area contributed by atoms with Gasteiger partial charge in [-0.2, -0.15) is 28.2 Å². The number of alkyl halides is 4. The van der Waals surface area contributed by atoms with E-state index in [0.29, 0.717) is 23.5 Å². The molecular formula is C25H24F6IN6O2P. The van der Waals surface area contributed by atoms with Crippen LogP contribution in [0.5, 0.6) is 11.9 Å². The van der Waals surface area contributed by atoms with Crippen LogP contribution in [-0.4, -0.2) is 74.6 Å². The van der Waals surface area contributed by atoms with Crippen LogP contribution in [0.1, 0.15) is 24.8 Å². The predicted octanol–water partition coefficient (Wildman–Crippen LogP) is 6.56. The van der Waals surface area contributed by atoms with Crippen LogP contribution in [-0.2, 0) is 0 Å². The van der Waals surface area contributed by atoms with Gasteiger partial charge in [-0.3, -0.25) is 9.88 Å². The Kier molecular flexibility index (Phi) is 8.76. The van der Waals surface area contributed by atoms with Crippen molar-refractivity contribution >= 4 is 50.2 Å². The first-order chi connectivity index (χ1) is 19.5. The molecule has 41 heavy (non-hydrogen) atoms. The average Bonchev–Trinajstić information content (AvgIpc) is 3.63. The first kappa shape index (κ1) is 30.0. The number of aryl methyl sites for hydroxylation is 1. The summed E-state index contributed by atoms with van der Waals surface area (Å²) >= 11 is 2.04. The molecule has 0 spiro atoms. The summed E-state index contributed by atoms with van der Waals surface area (Å²) in [5, 5.41) is 4.31. The standard InChI is InChI=1S/C18H12F5IN5O2P.C7H12FN/c1-7-3-10(19)15-8(5-26-29(15)32-24)11(7)14-12(20)13-9(4-25-14)16(28-17(27-13)30-2)31-6-18(21,22)23;8-6-4-7-2-1-3-9(7)5-6/h3-5,32H,6H2,1-2H3;6-7H,1-5H2. The Balaban J connectivity index is 0.000000315. The molecule has 5 heterocycles. The molecule has 0 amide bonds. The molecule has 3 unspecified atom stereocenters. The summed E-state index contributed by atoms with van der Waals surface area (Å²) in [4.78, 5) is 14.0. The first-order valence-corrected chi connectivity index (χ1v) is 16.6. The van der Waals surface area contributed by atoms with E-state index in [4.69, 9.17) is 9.47 Å². The van der Waals surface area contributed by atoms with E-state index in [-0.39, 0.29) is 40.1 Å². The van der Waals surface area contributed by atoms with Crippen LogP contribution in [0.25, 0.3) is 33.1 Å². The Hall–Kier alpha value is -2.52. The smallest absolute Gasteiger partial charge is 0.422 e. The van der Waals surface area contributed by atoms with Gasteiger partial charge in [0.25, 0.3) is 0 Å². The average molecular weight is 712 g/mol. The van der Waals surface area contributed by atoms with Crippen LogP contribution in [0, 0.1) is 18.6 Å². The van der Waals surface area contributed by atoms with Crippen LogP contribution in [0.2, 0.25) is 0 Å². The van der Waals surface area contributed by atoms with Gasteiger partial charge in [0, 0.05) is 29.7 Å². The van der Waals surface area contributed by atoms with Crippen LogP contribution in [0.15, 0.2) is 18.5 Å². The molecule has 220 valence electrons. The molecule has 2 aliphatic heterocycles. The molecule has 0 saturated carbocycles. The molecule has 1 aromatic carbocycles. The Morgan fingerprint density at radius 3 is 2.63 bits per heavy atom. The van der Waals surface area contributed by atoms with E-state index in [0.717, 1.165) is 19.2 Å². The van der Waals surface area contributed by atoms with Crippen LogP contribution in [0.3, 0.4) is 0 Å². The second-order valence-corrected chi connectivity index (χ2v) is 11.7. The lowest BCUT2D eigenvalue weighted by Crippen LogP contribution is -2.22. The number of hydrogen-bond acceptors (Lipinski definition) is 7. The summed E-state index contributed by atoms with van der Waals surface area (Å²) < 4.78 is 91.7. The summed E-state index contributed by atoms with van der Waals surface area (Å²) in [5.41, 5.74) is 0.357. The summed E-state index contributed by atoms with van der Waals surface area (Å²) in [6, 6.07) is 1.47. The van der Waals surface area contributed by atoms with Crippen LogP contribution < -0.4 is 9.47 Å². The molecule has 3 aromatic heterocycles. The Labute approximate surface area is 245 Å². The molecule has 2 saturated heterocycles. The first-order valence-electron chi connectivity index (χ1n) is 12.5. The molecule has 0 N–H and O–H groups in total. The molecular weight excluding hydrogens is 688 g/mol. The van der Waals surface area contributed by atoms with Crippen molar-refractivity contribution in [3.8, 4) is 23.1 Å². The third kappa shape index (κ3) is 6.17. The zero-order valence-corrected chi connectivity index (χ0v) is 24.9. The van der Waals surface area contributed by atoms with Crippen molar-refractivity contribution in [3.63, 3.8) is 0 Å². The number of hydrogen-bond donors (Lipinski definition) is 0. The van der Waals surface area contributed by atoms with Gasteiger partial charge >= 0.3 is 12.2 Å². The van der Waals surface area contributed by atoms with Crippen molar-refractivity contribution in [2.24, 2.45) is 0 Å². The molecule has 8 nitrogen and oxygen atoms in total. The highest BCUT2D eigenvalue weighted by Crippen LogP contribution is 2.39. The van der Waals surface area contributed by atoms with E-state index in [1.807, 2.05) is 22.0 Å². The predicted molar refractivity (Wildman–Crippen MR) is 151 cm³/mol. The fraction of sp³-hybridized carbons (Fsp3) is 0.440. The normalized spacial score (nSPS) is 19.2. The minimum atomic E-state index is -4.63. The van der Waals surface area contributed by atoms with Crippen LogP contribution in [0.4, 0.5) is 26.3 Å². The van der Waals surface area contributed by atoms with E-state index in [1.54, 1.807) is 6.92 Å². The minimum absolute atomic E-state index is 0.104. The molecule has 2 fully saturated rings. The fourth-order valence-electron chi connectivity index (χ4n) is 5.25. The maximum atomic E-state index is 15.6. The van der Waals surface area contributed by atoms with Gasteiger partial charge in [-0.1, -0.05) is 0 Å². The molecule has 6 rings (SSSR count). The third-order valence-electron chi connectivity index (χ3n) is 6.96. The van der Waals surface area contributed by atoms with Crippen LogP contribution >= 0.6 is 28.4 Å². The summed E-state index contributed by atoms with van der Waals surface area (Å²) in [6.07, 6.45) is 0.807. The van der Waals surface area contributed by atoms with Crippen molar-refractivity contribution in [1.82, 2.24) is 29.4 Å². The zero-order chi connectivity index (χ0) is 29.5. The topological polar surface area (TPSA) is 78.2 Å². The lowest BCUT2D eigenvalue weighted by Gasteiger charge is -2.14. The van der Waals surface area contributed by atoms with Crippen molar-refractivity contribution in [2.45, 2.75) is 44.6 Å². The monoisotopic (exact) mass is 712 g/mol. The van der Waals surface area contributed by atoms with Crippen molar-refractivity contribution in [3.05, 3.63) is 35.7 Å². The maximum Gasteiger partial charge on any atom is 0.422 e. The molecule has 4 aromatic rings. The highest BCUT2D eigenvalue weighted by atomic mass is 127. The number of methoxy groups -OCH3 is 1. The number of pyridine rings is 1. The van der Waals surface area contributed by atoms with Gasteiger partial charge in [0.2, 0.25) is 5.88 Å². The summed E-state index contributed by atoms with van der Waals surface area (Å²) in [7, 11) is 1.18. The fourth-order valence-corrected chi connectivity index (χ4v) is 6.76. The van der Waals surface area contributed by atoms with E-state index < -0.39 is 36.5 Å². The molecule has 0 aliphatic carbocycles. The van der Waals surface area contributed by atoms with Gasteiger partial charge in [-0.05, 0) is 66.4 Å². The Bertz CT molecular complexity index is 1580. The van der Waals surface area contributed by atoms with Gasteiger partial charge in [0.1, 0.15) is 28.7 Å². The number of benzene rings is 1. The van der Waals surface area contributed by atoms with Gasteiger partial charge in [-0.25, -0.2) is 17.6 Å². The lowest BCUT2D eigenvalue weighted by molar-refractivity contribution is -0.153. The number of aromatic nitrogens is 5. The Morgan fingerprint density at radius 1 is 1.17 bits per heavy atom. The Morgan fingerprint density at radius 2 is 1.95 bits per heavy atom. The second-order valence-electron chi connectivity index (χ2n) is 9.68. The van der Waals surface area contributed by atoms with Crippen molar-refractivity contribution in [2.75, 3.05) is 26.8 Å². The van der Waals surface area contributed by atoms with Gasteiger partial charge in [0.05, 0.1) is 25.1 Å². The van der Waals surface area contributed by atoms with Crippen molar-refractivity contribution < 1.29 is 35.8 Å². The lowest BCUT2D eigenvalue weighted by atomic mass is 9.99. The number of halogens is 7. The van der Waals surface area contributed by atoms with E-state index in [1.165, 1.54) is 36.7 Å². The number of fused-ring (bicyclic) bond motifs is 3. The molecule has 16 heteroatoms. The summed E-state index contributed by atoms with van der Waals surface area (Å²) in [5.74, 6) is -1.99. The van der Waals surface area contributed by atoms with Gasteiger partial charge in [-0.15, -0.1) is 0 Å². The minimum Gasteiger partial charge on any atom is -0.467 e. The number of ether oxygens (including phenoxy) is 2. The zero-order valence-electron chi connectivity index (χ0n) is 21.8. The third-order valence-corrected chi connectivity index (χ3v) is 8.83.